The number of halogens is 1. The molecule has 0 saturated carbocycles. The minimum Gasteiger partial charge on any atom is -0.491 e. The molecule has 1 aromatic carbocycles. The Bertz CT molecular complexity index is 486. The van der Waals surface area contributed by atoms with Crippen molar-refractivity contribution in [3.63, 3.8) is 0 Å². The first-order valence-electron chi connectivity index (χ1n) is 8.81. The summed E-state index contributed by atoms with van der Waals surface area (Å²) in [5, 5.41) is 10.2. The van der Waals surface area contributed by atoms with Crippen LogP contribution in [0.2, 0.25) is 0 Å². The summed E-state index contributed by atoms with van der Waals surface area (Å²) in [6.07, 6.45) is 1.76. The number of β-amino-alcohol motifs (C(OH)–C–C–N with tert-alkyl or cyclic N) is 1. The number of hydrogen-bond donors (Lipinski definition) is 1. The third-order valence-corrected chi connectivity index (χ3v) is 4.84. The van der Waals surface area contributed by atoms with Crippen LogP contribution in [0, 0.1) is 5.82 Å². The molecule has 5 nitrogen and oxygen atoms in total. The van der Waals surface area contributed by atoms with Crippen LogP contribution in [0.15, 0.2) is 24.3 Å². The Morgan fingerprint density at radius 2 is 1.79 bits per heavy atom. The second-order valence-electron chi connectivity index (χ2n) is 6.60. The summed E-state index contributed by atoms with van der Waals surface area (Å²) in [6.45, 7) is 6.65. The molecule has 6 heteroatoms. The quantitative estimate of drug-likeness (QED) is 0.849. The summed E-state index contributed by atoms with van der Waals surface area (Å²) in [5.74, 6) is 0.299. The Balaban J connectivity index is 1.35. The Morgan fingerprint density at radius 3 is 2.46 bits per heavy atom. The molecule has 2 fully saturated rings. The number of hydrogen-bond acceptors (Lipinski definition) is 5. The highest BCUT2D eigenvalue weighted by Gasteiger charge is 2.26. The lowest BCUT2D eigenvalue weighted by Crippen LogP contribution is -2.50. The van der Waals surface area contributed by atoms with Gasteiger partial charge in [-0.15, -0.1) is 0 Å². The number of aliphatic hydroxyl groups is 1. The van der Waals surface area contributed by atoms with Crippen molar-refractivity contribution < 1.29 is 19.0 Å². The minimum atomic E-state index is -0.532. The number of rotatable bonds is 6. The van der Waals surface area contributed by atoms with E-state index in [1.807, 2.05) is 0 Å². The van der Waals surface area contributed by atoms with Crippen LogP contribution in [-0.2, 0) is 4.74 Å². The maximum atomic E-state index is 12.8. The molecular weight excluding hydrogens is 311 g/mol. The Hall–Kier alpha value is -1.21. The zero-order chi connectivity index (χ0) is 16.8. The summed E-state index contributed by atoms with van der Waals surface area (Å²) in [6, 6.07) is 6.53. The average Bonchev–Trinajstić information content (AvgIpc) is 2.63. The van der Waals surface area contributed by atoms with E-state index in [-0.39, 0.29) is 12.4 Å². The summed E-state index contributed by atoms with van der Waals surface area (Å²) >= 11 is 0. The van der Waals surface area contributed by atoms with Gasteiger partial charge in [-0.3, -0.25) is 4.90 Å². The van der Waals surface area contributed by atoms with Crippen LogP contribution in [0.25, 0.3) is 0 Å². The molecule has 2 heterocycles. The van der Waals surface area contributed by atoms with E-state index < -0.39 is 6.10 Å². The molecule has 1 N–H and O–H groups in total. The normalized spacial score (nSPS) is 22.4. The van der Waals surface area contributed by atoms with Gasteiger partial charge < -0.3 is 19.5 Å². The number of ether oxygens (including phenoxy) is 2. The van der Waals surface area contributed by atoms with Gasteiger partial charge in [-0.1, -0.05) is 0 Å². The van der Waals surface area contributed by atoms with Gasteiger partial charge in [0.05, 0.1) is 13.2 Å². The monoisotopic (exact) mass is 338 g/mol. The number of piperidine rings is 1. The second-order valence-corrected chi connectivity index (χ2v) is 6.60. The van der Waals surface area contributed by atoms with Crippen molar-refractivity contribution in [1.82, 2.24) is 9.80 Å². The summed E-state index contributed by atoms with van der Waals surface area (Å²) in [4.78, 5) is 4.84. The SMILES string of the molecule is OC(COc1ccc(F)cc1)CN1CCC(N2CCOCC2)CC1. The fourth-order valence-corrected chi connectivity index (χ4v) is 3.48. The highest BCUT2D eigenvalue weighted by molar-refractivity contribution is 5.22. The van der Waals surface area contributed by atoms with Crippen molar-refractivity contribution in [2.75, 3.05) is 52.5 Å². The Morgan fingerprint density at radius 1 is 1.12 bits per heavy atom. The average molecular weight is 338 g/mol. The number of benzene rings is 1. The molecule has 0 radical (unpaired) electrons. The standard InChI is InChI=1S/C18H27FN2O3/c19-15-1-3-18(4-2-15)24-14-17(22)13-20-7-5-16(6-8-20)21-9-11-23-12-10-21/h1-4,16-17,22H,5-14H2. The van der Waals surface area contributed by atoms with E-state index in [1.54, 1.807) is 12.1 Å². The van der Waals surface area contributed by atoms with Crippen LogP contribution in [0.5, 0.6) is 5.75 Å². The highest BCUT2D eigenvalue weighted by Crippen LogP contribution is 2.18. The van der Waals surface area contributed by atoms with Crippen molar-refractivity contribution in [2.45, 2.75) is 25.0 Å². The summed E-state index contributed by atoms with van der Waals surface area (Å²) in [5.41, 5.74) is 0. The van der Waals surface area contributed by atoms with E-state index in [1.165, 1.54) is 12.1 Å². The van der Waals surface area contributed by atoms with Gasteiger partial charge in [0, 0.05) is 25.7 Å². The molecule has 1 unspecified atom stereocenters. The molecule has 1 atom stereocenters. The largest absolute Gasteiger partial charge is 0.491 e. The van der Waals surface area contributed by atoms with Gasteiger partial charge in [0.25, 0.3) is 0 Å². The third kappa shape index (κ3) is 5.14. The molecular formula is C18H27FN2O3. The topological polar surface area (TPSA) is 45.2 Å². The molecule has 0 aliphatic carbocycles. The molecule has 1 aromatic rings. The molecule has 3 rings (SSSR count). The van der Waals surface area contributed by atoms with Crippen molar-refractivity contribution >= 4 is 0 Å². The van der Waals surface area contributed by atoms with E-state index in [4.69, 9.17) is 9.47 Å². The van der Waals surface area contributed by atoms with Gasteiger partial charge >= 0.3 is 0 Å². The van der Waals surface area contributed by atoms with Crippen LogP contribution in [0.4, 0.5) is 4.39 Å². The molecule has 0 spiro atoms. The van der Waals surface area contributed by atoms with Gasteiger partial charge in [0.2, 0.25) is 0 Å². The smallest absolute Gasteiger partial charge is 0.123 e. The molecule has 2 aliphatic rings. The number of nitrogens with zero attached hydrogens (tertiary/aromatic N) is 2. The molecule has 0 aromatic heterocycles. The van der Waals surface area contributed by atoms with E-state index in [2.05, 4.69) is 9.80 Å². The molecule has 134 valence electrons. The number of aliphatic hydroxyl groups excluding tert-OH is 1. The van der Waals surface area contributed by atoms with Crippen molar-refractivity contribution in [3.8, 4) is 5.75 Å². The first-order valence-corrected chi connectivity index (χ1v) is 8.81. The van der Waals surface area contributed by atoms with E-state index in [9.17, 15) is 9.50 Å². The first-order chi connectivity index (χ1) is 11.7. The Kier molecular flexibility index (Phi) is 6.43. The van der Waals surface area contributed by atoms with Crippen LogP contribution in [0.3, 0.4) is 0 Å². The molecule has 2 aliphatic heterocycles. The Labute approximate surface area is 143 Å². The van der Waals surface area contributed by atoms with E-state index in [0.29, 0.717) is 18.3 Å². The van der Waals surface area contributed by atoms with Gasteiger partial charge in [-0.25, -0.2) is 4.39 Å². The fraction of sp³-hybridized carbons (Fsp3) is 0.667. The van der Waals surface area contributed by atoms with E-state index in [0.717, 1.165) is 52.2 Å². The van der Waals surface area contributed by atoms with Crippen molar-refractivity contribution in [1.29, 1.82) is 0 Å². The highest BCUT2D eigenvalue weighted by atomic mass is 19.1. The number of morpholine rings is 1. The summed E-state index contributed by atoms with van der Waals surface area (Å²) < 4.78 is 23.8. The van der Waals surface area contributed by atoms with Crippen LogP contribution in [0.1, 0.15) is 12.8 Å². The molecule has 24 heavy (non-hydrogen) atoms. The lowest BCUT2D eigenvalue weighted by molar-refractivity contribution is -0.00556. The number of likely N-dealkylation sites (tertiary alicyclic amines) is 1. The van der Waals surface area contributed by atoms with Gasteiger partial charge in [-0.2, -0.15) is 0 Å². The van der Waals surface area contributed by atoms with Crippen LogP contribution >= 0.6 is 0 Å². The van der Waals surface area contributed by atoms with E-state index >= 15 is 0 Å². The zero-order valence-electron chi connectivity index (χ0n) is 14.1. The zero-order valence-corrected chi connectivity index (χ0v) is 14.1. The van der Waals surface area contributed by atoms with Crippen LogP contribution < -0.4 is 4.74 Å². The van der Waals surface area contributed by atoms with Gasteiger partial charge in [0.15, 0.2) is 0 Å². The lowest BCUT2D eigenvalue weighted by atomic mass is 10.0. The fourth-order valence-electron chi connectivity index (χ4n) is 3.48. The van der Waals surface area contributed by atoms with Crippen molar-refractivity contribution in [2.24, 2.45) is 0 Å². The minimum absolute atomic E-state index is 0.231. The first kappa shape index (κ1) is 17.6. The molecule has 2 saturated heterocycles. The lowest BCUT2D eigenvalue weighted by Gasteiger charge is -2.40. The summed E-state index contributed by atoms with van der Waals surface area (Å²) in [7, 11) is 0. The maximum Gasteiger partial charge on any atom is 0.123 e. The van der Waals surface area contributed by atoms with Crippen molar-refractivity contribution in [3.05, 3.63) is 30.1 Å². The van der Waals surface area contributed by atoms with Gasteiger partial charge in [-0.05, 0) is 50.2 Å². The molecule has 0 bridgehead atoms. The van der Waals surface area contributed by atoms with Crippen LogP contribution in [-0.4, -0.2) is 79.6 Å². The predicted octanol–water partition coefficient (Wildman–Crippen LogP) is 1.36. The third-order valence-electron chi connectivity index (χ3n) is 4.84. The van der Waals surface area contributed by atoms with Gasteiger partial charge in [0.1, 0.15) is 24.3 Å². The predicted molar refractivity (Wildman–Crippen MR) is 89.8 cm³/mol. The second kappa shape index (κ2) is 8.76. The molecule has 0 amide bonds. The maximum absolute atomic E-state index is 12.8.